The highest BCUT2D eigenvalue weighted by Crippen LogP contribution is 2.08. The lowest BCUT2D eigenvalue weighted by atomic mass is 10.3. The Kier molecular flexibility index (Phi) is 11.9. The average molecular weight is 522 g/mol. The second-order valence-electron chi connectivity index (χ2n) is 7.30. The summed E-state index contributed by atoms with van der Waals surface area (Å²) in [5, 5.41) is 6.87. The molecule has 0 saturated carbocycles. The van der Waals surface area contributed by atoms with Gasteiger partial charge in [0.1, 0.15) is 5.76 Å². The van der Waals surface area contributed by atoms with Gasteiger partial charge in [0.05, 0.1) is 45.3 Å². The molecule has 9 heteroatoms. The van der Waals surface area contributed by atoms with Crippen molar-refractivity contribution in [3.63, 3.8) is 0 Å². The molecule has 2 unspecified atom stereocenters. The molecule has 2 aliphatic rings. The summed E-state index contributed by atoms with van der Waals surface area (Å²) in [6.07, 6.45) is 3.73. The molecule has 0 bridgehead atoms. The highest BCUT2D eigenvalue weighted by Gasteiger charge is 2.17. The molecule has 8 nitrogen and oxygen atoms in total. The first-order valence-corrected chi connectivity index (χ1v) is 10.4. The Morgan fingerprint density at radius 1 is 1.31 bits per heavy atom. The molecule has 2 aliphatic heterocycles. The summed E-state index contributed by atoms with van der Waals surface area (Å²) >= 11 is 0. The maximum atomic E-state index is 5.92. The van der Waals surface area contributed by atoms with Crippen molar-refractivity contribution < 1.29 is 18.6 Å². The van der Waals surface area contributed by atoms with E-state index in [1.807, 2.05) is 12.1 Å². The maximum Gasteiger partial charge on any atom is 0.191 e. The number of aliphatic imine (C=N–C) groups is 1. The van der Waals surface area contributed by atoms with Gasteiger partial charge in [0, 0.05) is 45.2 Å². The summed E-state index contributed by atoms with van der Waals surface area (Å²) in [6, 6.07) is 4.07. The van der Waals surface area contributed by atoms with Gasteiger partial charge in [0.15, 0.2) is 5.96 Å². The van der Waals surface area contributed by atoms with Crippen molar-refractivity contribution in [2.75, 3.05) is 65.8 Å². The van der Waals surface area contributed by atoms with Gasteiger partial charge in [-0.1, -0.05) is 0 Å². The van der Waals surface area contributed by atoms with E-state index in [1.165, 1.54) is 0 Å². The standard InChI is InChI=1S/C20H34N4O4.HI/c1-17(15-28-19-5-12-26-16-19)23-20(21-6-4-18-3-2-11-27-18)22-7-8-24-9-13-25-14-10-24;/h2-3,11,17,19H,4-10,12-16H2,1H3,(H2,21,22,23);1H. The van der Waals surface area contributed by atoms with Gasteiger partial charge >= 0.3 is 0 Å². The third kappa shape index (κ3) is 9.65. The van der Waals surface area contributed by atoms with Gasteiger partial charge < -0.3 is 29.3 Å². The molecule has 0 radical (unpaired) electrons. The Labute approximate surface area is 190 Å². The third-order valence-electron chi connectivity index (χ3n) is 4.89. The molecule has 2 fully saturated rings. The molecule has 0 spiro atoms. The van der Waals surface area contributed by atoms with Crippen LogP contribution >= 0.6 is 24.0 Å². The average Bonchev–Trinajstić information content (AvgIpc) is 3.41. The van der Waals surface area contributed by atoms with Crippen molar-refractivity contribution >= 4 is 29.9 Å². The summed E-state index contributed by atoms with van der Waals surface area (Å²) < 4.78 is 22.1. The number of hydrogen-bond donors (Lipinski definition) is 2. The number of nitrogens with zero attached hydrogens (tertiary/aromatic N) is 2. The van der Waals surface area contributed by atoms with Crippen molar-refractivity contribution in [2.24, 2.45) is 4.99 Å². The van der Waals surface area contributed by atoms with Crippen LogP contribution in [0.25, 0.3) is 0 Å². The highest BCUT2D eigenvalue weighted by atomic mass is 127. The van der Waals surface area contributed by atoms with Crippen LogP contribution in [0.5, 0.6) is 0 Å². The quantitative estimate of drug-likeness (QED) is 0.274. The maximum absolute atomic E-state index is 5.92. The van der Waals surface area contributed by atoms with Crippen LogP contribution in [0.15, 0.2) is 27.8 Å². The fraction of sp³-hybridized carbons (Fsp3) is 0.750. The predicted molar refractivity (Wildman–Crippen MR) is 123 cm³/mol. The molecule has 1 aromatic heterocycles. The molecule has 0 aromatic carbocycles. The van der Waals surface area contributed by atoms with Gasteiger partial charge in [-0.05, 0) is 25.5 Å². The normalized spacial score (nSPS) is 21.6. The molecule has 2 atom stereocenters. The molecule has 3 rings (SSSR count). The molecule has 166 valence electrons. The lowest BCUT2D eigenvalue weighted by Crippen LogP contribution is -2.45. The first-order chi connectivity index (χ1) is 13.8. The molecule has 29 heavy (non-hydrogen) atoms. The monoisotopic (exact) mass is 522 g/mol. The topological polar surface area (TPSA) is 80.5 Å². The first-order valence-electron chi connectivity index (χ1n) is 10.4. The number of rotatable bonds is 10. The Balaban J connectivity index is 0.00000300. The van der Waals surface area contributed by atoms with Crippen LogP contribution in [0.1, 0.15) is 19.1 Å². The molecule has 1 aromatic rings. The fourth-order valence-corrected chi connectivity index (χ4v) is 3.24. The second-order valence-corrected chi connectivity index (χ2v) is 7.30. The minimum Gasteiger partial charge on any atom is -0.469 e. The van der Waals surface area contributed by atoms with Crippen LogP contribution in [-0.4, -0.2) is 88.8 Å². The van der Waals surface area contributed by atoms with Crippen LogP contribution in [-0.2, 0) is 20.6 Å². The summed E-state index contributed by atoms with van der Waals surface area (Å²) in [4.78, 5) is 7.15. The molecular weight excluding hydrogens is 487 g/mol. The molecule has 3 heterocycles. The van der Waals surface area contributed by atoms with Gasteiger partial charge in [-0.3, -0.25) is 9.89 Å². The molecule has 0 amide bonds. The highest BCUT2D eigenvalue weighted by molar-refractivity contribution is 14.0. The number of ether oxygens (including phenoxy) is 3. The van der Waals surface area contributed by atoms with Crippen LogP contribution in [0.4, 0.5) is 0 Å². The van der Waals surface area contributed by atoms with Gasteiger partial charge in [0.25, 0.3) is 0 Å². The van der Waals surface area contributed by atoms with E-state index < -0.39 is 0 Å². The van der Waals surface area contributed by atoms with E-state index in [2.05, 4.69) is 22.5 Å². The van der Waals surface area contributed by atoms with Crippen molar-refractivity contribution in [3.8, 4) is 0 Å². The van der Waals surface area contributed by atoms with E-state index in [0.717, 1.165) is 77.1 Å². The predicted octanol–water partition coefficient (Wildman–Crippen LogP) is 1.50. The zero-order valence-electron chi connectivity index (χ0n) is 17.3. The van der Waals surface area contributed by atoms with E-state index in [-0.39, 0.29) is 36.1 Å². The summed E-state index contributed by atoms with van der Waals surface area (Å²) in [6.45, 7) is 10.3. The Morgan fingerprint density at radius 2 is 2.17 bits per heavy atom. The van der Waals surface area contributed by atoms with E-state index in [0.29, 0.717) is 13.2 Å². The summed E-state index contributed by atoms with van der Waals surface area (Å²) in [7, 11) is 0. The number of morpholine rings is 1. The molecule has 2 N–H and O–H groups in total. The van der Waals surface area contributed by atoms with E-state index in [9.17, 15) is 0 Å². The minimum absolute atomic E-state index is 0. The van der Waals surface area contributed by atoms with E-state index in [4.69, 9.17) is 23.6 Å². The Morgan fingerprint density at radius 3 is 2.90 bits per heavy atom. The van der Waals surface area contributed by atoms with Crippen molar-refractivity contribution in [1.82, 2.24) is 15.5 Å². The zero-order chi connectivity index (χ0) is 19.4. The van der Waals surface area contributed by atoms with Crippen LogP contribution < -0.4 is 10.6 Å². The second kappa shape index (κ2) is 14.2. The Hall–Kier alpha value is -0.880. The van der Waals surface area contributed by atoms with Crippen LogP contribution in [0.2, 0.25) is 0 Å². The number of halogens is 1. The van der Waals surface area contributed by atoms with Gasteiger partial charge in [-0.2, -0.15) is 0 Å². The third-order valence-corrected chi connectivity index (χ3v) is 4.89. The van der Waals surface area contributed by atoms with Crippen molar-refractivity contribution in [3.05, 3.63) is 24.2 Å². The van der Waals surface area contributed by atoms with E-state index in [1.54, 1.807) is 6.26 Å². The van der Waals surface area contributed by atoms with Gasteiger partial charge in [-0.15, -0.1) is 24.0 Å². The van der Waals surface area contributed by atoms with E-state index >= 15 is 0 Å². The van der Waals surface area contributed by atoms with Crippen LogP contribution in [0, 0.1) is 0 Å². The van der Waals surface area contributed by atoms with Crippen molar-refractivity contribution in [1.29, 1.82) is 0 Å². The fourth-order valence-electron chi connectivity index (χ4n) is 3.24. The lowest BCUT2D eigenvalue weighted by molar-refractivity contribution is 0.0347. The smallest absolute Gasteiger partial charge is 0.191 e. The van der Waals surface area contributed by atoms with Crippen LogP contribution in [0.3, 0.4) is 0 Å². The van der Waals surface area contributed by atoms with Crippen molar-refractivity contribution in [2.45, 2.75) is 31.9 Å². The number of nitrogens with one attached hydrogen (secondary N) is 2. The molecule has 2 saturated heterocycles. The Bertz CT molecular complexity index is 561. The largest absolute Gasteiger partial charge is 0.469 e. The summed E-state index contributed by atoms with van der Waals surface area (Å²) in [5.41, 5.74) is 0. The van der Waals surface area contributed by atoms with Gasteiger partial charge in [-0.25, -0.2) is 0 Å². The number of furan rings is 1. The SMILES string of the molecule is CC(COC1CCOC1)NC(=NCCN1CCOCC1)NCCc1ccco1.I. The number of hydrogen-bond acceptors (Lipinski definition) is 6. The molecular formula is C20H35IN4O4. The first kappa shape index (κ1) is 24.4. The zero-order valence-corrected chi connectivity index (χ0v) is 19.6. The van der Waals surface area contributed by atoms with Gasteiger partial charge in [0.2, 0.25) is 0 Å². The lowest BCUT2D eigenvalue weighted by Gasteiger charge is -2.26. The minimum atomic E-state index is 0. The molecule has 0 aliphatic carbocycles. The summed E-state index contributed by atoms with van der Waals surface area (Å²) in [5.74, 6) is 1.79. The number of guanidine groups is 1.